The number of hydrazone groups is 1. The van der Waals surface area contributed by atoms with Gasteiger partial charge in [-0.1, -0.05) is 41.9 Å². The van der Waals surface area contributed by atoms with Crippen molar-refractivity contribution in [2.75, 3.05) is 12.1 Å². The lowest BCUT2D eigenvalue weighted by atomic mass is 10.1. The first-order chi connectivity index (χ1) is 15.5. The van der Waals surface area contributed by atoms with Crippen molar-refractivity contribution in [3.05, 3.63) is 92.0 Å². The van der Waals surface area contributed by atoms with Crippen molar-refractivity contribution in [2.24, 2.45) is 5.10 Å². The van der Waals surface area contributed by atoms with E-state index in [1.807, 2.05) is 79.7 Å². The molecule has 0 aliphatic carbocycles. The van der Waals surface area contributed by atoms with Crippen molar-refractivity contribution in [3.8, 4) is 11.5 Å². The molecule has 0 fully saturated rings. The molecule has 0 saturated heterocycles. The van der Waals surface area contributed by atoms with Crippen molar-refractivity contribution in [1.29, 1.82) is 0 Å². The predicted molar refractivity (Wildman–Crippen MR) is 137 cm³/mol. The van der Waals surface area contributed by atoms with Gasteiger partial charge < -0.3 is 9.47 Å². The minimum atomic E-state index is -0.163. The van der Waals surface area contributed by atoms with Gasteiger partial charge in [0.2, 0.25) is 0 Å². The maximum absolute atomic E-state index is 13.0. The van der Waals surface area contributed by atoms with Crippen LogP contribution in [-0.4, -0.2) is 18.7 Å². The number of para-hydroxylation sites is 1. The molecule has 0 aromatic heterocycles. The van der Waals surface area contributed by atoms with Crippen LogP contribution in [0.3, 0.4) is 0 Å². The SMILES string of the molecule is COc1cc(/C=C2/C(=O)N(c3ccccc3)N=C2C)cc(I)c1OCc1cccc(Cl)c1. The number of methoxy groups -OCH3 is 1. The number of anilines is 1. The molecule has 0 N–H and O–H groups in total. The van der Waals surface area contributed by atoms with Crippen LogP contribution in [0.15, 0.2) is 77.4 Å². The smallest absolute Gasteiger partial charge is 0.280 e. The molecule has 0 saturated carbocycles. The Morgan fingerprint density at radius 1 is 1.09 bits per heavy atom. The van der Waals surface area contributed by atoms with Gasteiger partial charge in [0, 0.05) is 5.02 Å². The van der Waals surface area contributed by atoms with E-state index in [9.17, 15) is 4.79 Å². The van der Waals surface area contributed by atoms with Gasteiger partial charge in [0.1, 0.15) is 6.61 Å². The molecule has 162 valence electrons. The summed E-state index contributed by atoms with van der Waals surface area (Å²) in [6.07, 6.45) is 1.83. The number of hydrogen-bond donors (Lipinski definition) is 0. The zero-order chi connectivity index (χ0) is 22.7. The topological polar surface area (TPSA) is 51.1 Å². The lowest BCUT2D eigenvalue weighted by Crippen LogP contribution is -2.21. The van der Waals surface area contributed by atoms with Gasteiger partial charge in [0.05, 0.1) is 27.7 Å². The predicted octanol–water partition coefficient (Wildman–Crippen LogP) is 6.34. The summed E-state index contributed by atoms with van der Waals surface area (Å²) in [6.45, 7) is 2.20. The molecular weight excluding hydrogens is 539 g/mol. The summed E-state index contributed by atoms with van der Waals surface area (Å²) in [5.41, 5.74) is 3.73. The summed E-state index contributed by atoms with van der Waals surface area (Å²) < 4.78 is 12.5. The number of carbonyl (C=O) groups excluding carboxylic acids is 1. The summed E-state index contributed by atoms with van der Waals surface area (Å²) in [5, 5.41) is 6.52. The van der Waals surface area contributed by atoms with Crippen LogP contribution in [0.5, 0.6) is 11.5 Å². The van der Waals surface area contributed by atoms with Crippen LogP contribution in [0, 0.1) is 3.57 Å². The fourth-order valence-corrected chi connectivity index (χ4v) is 4.33. The summed E-state index contributed by atoms with van der Waals surface area (Å²) >= 11 is 8.27. The van der Waals surface area contributed by atoms with Crippen LogP contribution in [-0.2, 0) is 11.4 Å². The lowest BCUT2D eigenvalue weighted by Gasteiger charge is -2.14. The molecular formula is C25H20ClIN2O3. The normalized spacial score (nSPS) is 14.6. The number of ether oxygens (including phenoxy) is 2. The van der Waals surface area contributed by atoms with Gasteiger partial charge in [0.15, 0.2) is 11.5 Å². The molecule has 7 heteroatoms. The monoisotopic (exact) mass is 558 g/mol. The third kappa shape index (κ3) is 4.81. The van der Waals surface area contributed by atoms with E-state index in [4.69, 9.17) is 21.1 Å². The Balaban J connectivity index is 1.59. The number of nitrogens with zero attached hydrogens (tertiary/aromatic N) is 2. The van der Waals surface area contributed by atoms with Crippen molar-refractivity contribution >= 4 is 57.6 Å². The van der Waals surface area contributed by atoms with E-state index < -0.39 is 0 Å². The van der Waals surface area contributed by atoms with Gasteiger partial charge in [-0.2, -0.15) is 10.1 Å². The Morgan fingerprint density at radius 2 is 1.88 bits per heavy atom. The first kappa shape index (κ1) is 22.4. The van der Waals surface area contributed by atoms with Gasteiger partial charge in [-0.15, -0.1) is 0 Å². The maximum atomic E-state index is 13.0. The van der Waals surface area contributed by atoms with Crippen molar-refractivity contribution in [3.63, 3.8) is 0 Å². The molecule has 1 heterocycles. The van der Waals surface area contributed by atoms with Gasteiger partial charge in [0.25, 0.3) is 5.91 Å². The molecule has 4 rings (SSSR count). The molecule has 0 atom stereocenters. The number of rotatable bonds is 6. The number of carbonyl (C=O) groups is 1. The summed E-state index contributed by atoms with van der Waals surface area (Å²) in [4.78, 5) is 13.0. The Bertz CT molecular complexity index is 1230. The van der Waals surface area contributed by atoms with Crippen molar-refractivity contribution in [2.45, 2.75) is 13.5 Å². The van der Waals surface area contributed by atoms with Crippen LogP contribution in [0.25, 0.3) is 6.08 Å². The first-order valence-corrected chi connectivity index (χ1v) is 11.3. The van der Waals surface area contributed by atoms with Gasteiger partial charge in [-0.05, 0) is 83.1 Å². The molecule has 0 unspecified atom stereocenters. The second kappa shape index (κ2) is 9.75. The first-order valence-electron chi connectivity index (χ1n) is 9.88. The Labute approximate surface area is 205 Å². The minimum Gasteiger partial charge on any atom is -0.493 e. The zero-order valence-corrected chi connectivity index (χ0v) is 20.4. The van der Waals surface area contributed by atoms with Gasteiger partial charge >= 0.3 is 0 Å². The number of amides is 1. The second-order valence-electron chi connectivity index (χ2n) is 7.15. The average molecular weight is 559 g/mol. The molecule has 3 aromatic rings. The van der Waals surface area contributed by atoms with Gasteiger partial charge in [-0.3, -0.25) is 4.79 Å². The van der Waals surface area contributed by atoms with E-state index in [-0.39, 0.29) is 5.91 Å². The van der Waals surface area contributed by atoms with E-state index >= 15 is 0 Å². The van der Waals surface area contributed by atoms with Crippen LogP contribution in [0.4, 0.5) is 5.69 Å². The van der Waals surface area contributed by atoms with Crippen LogP contribution in [0.1, 0.15) is 18.1 Å². The molecule has 0 radical (unpaired) electrons. The maximum Gasteiger partial charge on any atom is 0.280 e. The number of benzene rings is 3. The highest BCUT2D eigenvalue weighted by molar-refractivity contribution is 14.1. The Kier molecular flexibility index (Phi) is 6.81. The molecule has 0 bridgehead atoms. The second-order valence-corrected chi connectivity index (χ2v) is 8.75. The molecule has 1 aliphatic heterocycles. The Hall–Kier alpha value is -2.84. The molecule has 0 spiro atoms. The van der Waals surface area contributed by atoms with E-state index in [1.165, 1.54) is 5.01 Å². The summed E-state index contributed by atoms with van der Waals surface area (Å²) in [5.74, 6) is 1.07. The third-order valence-electron chi connectivity index (χ3n) is 4.90. The summed E-state index contributed by atoms with van der Waals surface area (Å²) in [7, 11) is 1.60. The third-order valence-corrected chi connectivity index (χ3v) is 5.93. The molecule has 5 nitrogen and oxygen atoms in total. The van der Waals surface area contributed by atoms with Crippen LogP contribution < -0.4 is 14.5 Å². The fraction of sp³-hybridized carbons (Fsp3) is 0.120. The molecule has 1 amide bonds. The highest BCUT2D eigenvalue weighted by atomic mass is 127. The van der Waals surface area contributed by atoms with Crippen LogP contribution in [0.2, 0.25) is 5.02 Å². The van der Waals surface area contributed by atoms with Crippen molar-refractivity contribution in [1.82, 2.24) is 0 Å². The fourth-order valence-electron chi connectivity index (χ4n) is 3.34. The average Bonchev–Trinajstić information content (AvgIpc) is 3.07. The minimum absolute atomic E-state index is 0.163. The van der Waals surface area contributed by atoms with Crippen LogP contribution >= 0.6 is 34.2 Å². The molecule has 1 aliphatic rings. The largest absolute Gasteiger partial charge is 0.493 e. The van der Waals surface area contributed by atoms with E-state index in [1.54, 1.807) is 7.11 Å². The summed E-state index contributed by atoms with van der Waals surface area (Å²) in [6, 6.07) is 20.7. The molecule has 32 heavy (non-hydrogen) atoms. The van der Waals surface area contributed by atoms with Gasteiger partial charge in [-0.25, -0.2) is 0 Å². The standard InChI is InChI=1S/C25H20ClIN2O3/c1-16-21(25(30)29(28-16)20-9-4-3-5-10-20)12-18-13-22(27)24(23(14-18)31-2)32-15-17-7-6-8-19(26)11-17/h3-14H,15H2,1-2H3/b21-12+. The highest BCUT2D eigenvalue weighted by Gasteiger charge is 2.28. The number of hydrogen-bond acceptors (Lipinski definition) is 4. The lowest BCUT2D eigenvalue weighted by molar-refractivity contribution is -0.114. The Morgan fingerprint density at radius 3 is 2.59 bits per heavy atom. The van der Waals surface area contributed by atoms with E-state index in [2.05, 4.69) is 27.7 Å². The number of halogens is 2. The molecule has 3 aromatic carbocycles. The zero-order valence-electron chi connectivity index (χ0n) is 17.5. The highest BCUT2D eigenvalue weighted by Crippen LogP contribution is 2.36. The van der Waals surface area contributed by atoms with E-state index in [0.717, 1.165) is 20.4 Å². The quantitative estimate of drug-likeness (QED) is 0.262. The van der Waals surface area contributed by atoms with E-state index in [0.29, 0.717) is 34.4 Å². The van der Waals surface area contributed by atoms with Crippen molar-refractivity contribution < 1.29 is 14.3 Å².